The van der Waals surface area contributed by atoms with Crippen molar-refractivity contribution in [2.45, 2.75) is 76.7 Å². The number of carbonyl (C=O) groups excluding carboxylic acids is 2. The molecule has 2 fully saturated rings. The predicted octanol–water partition coefficient (Wildman–Crippen LogP) is 4.01. The normalized spacial score (nSPS) is 20.1. The molecular weight excluding hydrogens is 398 g/mol. The van der Waals surface area contributed by atoms with Crippen molar-refractivity contribution in [3.8, 4) is 0 Å². The molecule has 168 valence electrons. The lowest BCUT2D eigenvalue weighted by Crippen LogP contribution is -2.49. The summed E-state index contributed by atoms with van der Waals surface area (Å²) in [5.41, 5.74) is 7.13. The van der Waals surface area contributed by atoms with Gasteiger partial charge in [-0.05, 0) is 49.6 Å². The fourth-order valence-corrected chi connectivity index (χ4v) is 5.08. The number of nitrogens with zero attached hydrogens (tertiary/aromatic N) is 1. The summed E-state index contributed by atoms with van der Waals surface area (Å²) in [7, 11) is 0. The third kappa shape index (κ3) is 6.21. The highest BCUT2D eigenvalue weighted by atomic mass is 35.5. The average molecular weight is 436 g/mol. The van der Waals surface area contributed by atoms with Crippen molar-refractivity contribution in [3.63, 3.8) is 0 Å². The lowest BCUT2D eigenvalue weighted by atomic mass is 9.71. The standard InChI is InChI=1S/C24H37N3O2.ClH/c1-2-21(19-9-5-3-6-10-19)23(29)27-15-11-20(12-16-27)26-22(28)17-24(18-25)13-7-4-8-14-24;/h3,5-6,9-10,20-21H,2,4,7-8,11-18,25H2,1H3,(H,26,28);1H. The zero-order valence-corrected chi connectivity index (χ0v) is 19.1. The second kappa shape index (κ2) is 11.7. The van der Waals surface area contributed by atoms with Crippen molar-refractivity contribution in [1.29, 1.82) is 0 Å². The molecule has 3 rings (SSSR count). The highest BCUT2D eigenvalue weighted by Crippen LogP contribution is 2.38. The molecule has 0 spiro atoms. The quantitative estimate of drug-likeness (QED) is 0.679. The summed E-state index contributed by atoms with van der Waals surface area (Å²) in [5, 5.41) is 3.23. The van der Waals surface area contributed by atoms with E-state index in [-0.39, 0.29) is 41.6 Å². The van der Waals surface area contributed by atoms with Crippen LogP contribution in [0.1, 0.15) is 76.2 Å². The van der Waals surface area contributed by atoms with E-state index < -0.39 is 0 Å². The van der Waals surface area contributed by atoms with Crippen LogP contribution in [0.4, 0.5) is 0 Å². The second-order valence-corrected chi connectivity index (χ2v) is 8.98. The molecule has 1 aliphatic carbocycles. The molecule has 3 N–H and O–H groups in total. The van der Waals surface area contributed by atoms with Gasteiger partial charge >= 0.3 is 0 Å². The number of amides is 2. The summed E-state index contributed by atoms with van der Waals surface area (Å²) >= 11 is 0. The van der Waals surface area contributed by atoms with Crippen LogP contribution in [0.3, 0.4) is 0 Å². The Balaban J connectivity index is 0.00000320. The molecule has 0 bridgehead atoms. The zero-order chi connectivity index (χ0) is 20.7. The predicted molar refractivity (Wildman–Crippen MR) is 124 cm³/mol. The maximum absolute atomic E-state index is 13.0. The van der Waals surface area contributed by atoms with Crippen molar-refractivity contribution < 1.29 is 9.59 Å². The number of nitrogens with two attached hydrogens (primary N) is 1. The Morgan fingerprint density at radius 2 is 1.77 bits per heavy atom. The largest absolute Gasteiger partial charge is 0.353 e. The summed E-state index contributed by atoms with van der Waals surface area (Å²) in [6, 6.07) is 10.2. The van der Waals surface area contributed by atoms with Gasteiger partial charge in [0.1, 0.15) is 0 Å². The Hall–Kier alpha value is -1.59. The van der Waals surface area contributed by atoms with Gasteiger partial charge < -0.3 is 16.0 Å². The van der Waals surface area contributed by atoms with E-state index in [2.05, 4.69) is 12.2 Å². The number of likely N-dealkylation sites (tertiary alicyclic amines) is 1. The van der Waals surface area contributed by atoms with Gasteiger partial charge in [0.05, 0.1) is 5.92 Å². The molecule has 1 aromatic rings. The lowest BCUT2D eigenvalue weighted by Gasteiger charge is -2.37. The van der Waals surface area contributed by atoms with Crippen LogP contribution >= 0.6 is 12.4 Å². The minimum atomic E-state index is -0.0712. The zero-order valence-electron chi connectivity index (χ0n) is 18.3. The van der Waals surface area contributed by atoms with Crippen LogP contribution in [0.2, 0.25) is 0 Å². The topological polar surface area (TPSA) is 75.4 Å². The molecule has 0 radical (unpaired) electrons. The number of piperidine rings is 1. The van der Waals surface area contributed by atoms with Gasteiger partial charge in [0.2, 0.25) is 11.8 Å². The van der Waals surface area contributed by atoms with E-state index in [9.17, 15) is 9.59 Å². The summed E-state index contributed by atoms with van der Waals surface area (Å²) in [6.45, 7) is 4.11. The van der Waals surface area contributed by atoms with E-state index in [1.54, 1.807) is 0 Å². The van der Waals surface area contributed by atoms with Crippen LogP contribution in [-0.4, -0.2) is 42.4 Å². The van der Waals surface area contributed by atoms with Gasteiger partial charge in [0, 0.05) is 25.6 Å². The Morgan fingerprint density at radius 1 is 1.13 bits per heavy atom. The number of rotatable bonds is 7. The highest BCUT2D eigenvalue weighted by molar-refractivity contribution is 5.85. The number of hydrogen-bond acceptors (Lipinski definition) is 3. The van der Waals surface area contributed by atoms with E-state index in [0.717, 1.165) is 50.8 Å². The number of halogens is 1. The second-order valence-electron chi connectivity index (χ2n) is 8.98. The SMILES string of the molecule is CCC(C(=O)N1CCC(NC(=O)CC2(CN)CCCCC2)CC1)c1ccccc1.Cl. The molecule has 1 unspecified atom stereocenters. The van der Waals surface area contributed by atoms with E-state index in [4.69, 9.17) is 5.73 Å². The summed E-state index contributed by atoms with van der Waals surface area (Å²) in [4.78, 5) is 27.7. The first-order chi connectivity index (χ1) is 14.1. The fourth-order valence-electron chi connectivity index (χ4n) is 5.08. The third-order valence-electron chi connectivity index (χ3n) is 6.96. The molecule has 6 heteroatoms. The molecule has 1 aromatic carbocycles. The molecule has 1 heterocycles. The minimum Gasteiger partial charge on any atom is -0.353 e. The molecule has 2 aliphatic rings. The van der Waals surface area contributed by atoms with Crippen molar-refractivity contribution in [2.75, 3.05) is 19.6 Å². The maximum Gasteiger partial charge on any atom is 0.230 e. The van der Waals surface area contributed by atoms with Crippen molar-refractivity contribution in [2.24, 2.45) is 11.1 Å². The third-order valence-corrected chi connectivity index (χ3v) is 6.96. The molecule has 1 atom stereocenters. The van der Waals surface area contributed by atoms with Crippen LogP contribution in [0, 0.1) is 5.41 Å². The van der Waals surface area contributed by atoms with Crippen molar-refractivity contribution in [1.82, 2.24) is 10.2 Å². The molecule has 2 amide bonds. The van der Waals surface area contributed by atoms with Crippen LogP contribution in [0.5, 0.6) is 0 Å². The van der Waals surface area contributed by atoms with Gasteiger partial charge in [-0.2, -0.15) is 0 Å². The van der Waals surface area contributed by atoms with E-state index in [1.165, 1.54) is 19.3 Å². The maximum atomic E-state index is 13.0. The Morgan fingerprint density at radius 3 is 2.33 bits per heavy atom. The van der Waals surface area contributed by atoms with Crippen LogP contribution < -0.4 is 11.1 Å². The number of nitrogens with one attached hydrogen (secondary N) is 1. The minimum absolute atomic E-state index is 0. The molecule has 1 aliphatic heterocycles. The first-order valence-corrected chi connectivity index (χ1v) is 11.4. The van der Waals surface area contributed by atoms with Crippen molar-refractivity contribution in [3.05, 3.63) is 35.9 Å². The van der Waals surface area contributed by atoms with Crippen LogP contribution in [-0.2, 0) is 9.59 Å². The smallest absolute Gasteiger partial charge is 0.230 e. The van der Waals surface area contributed by atoms with E-state index in [0.29, 0.717) is 13.0 Å². The summed E-state index contributed by atoms with van der Waals surface area (Å²) < 4.78 is 0. The molecular formula is C24H38ClN3O2. The van der Waals surface area contributed by atoms with Gasteiger partial charge in [-0.1, -0.05) is 56.5 Å². The van der Waals surface area contributed by atoms with E-state index >= 15 is 0 Å². The Bertz CT molecular complexity index is 668. The first-order valence-electron chi connectivity index (χ1n) is 11.4. The van der Waals surface area contributed by atoms with Gasteiger partial charge in [-0.25, -0.2) is 0 Å². The van der Waals surface area contributed by atoms with Gasteiger partial charge in [-0.15, -0.1) is 12.4 Å². The van der Waals surface area contributed by atoms with Gasteiger partial charge in [0.15, 0.2) is 0 Å². The molecule has 0 aromatic heterocycles. The van der Waals surface area contributed by atoms with Crippen molar-refractivity contribution >= 4 is 24.2 Å². The number of hydrogen-bond donors (Lipinski definition) is 2. The average Bonchev–Trinajstić information content (AvgIpc) is 2.76. The van der Waals surface area contributed by atoms with Crippen LogP contribution in [0.25, 0.3) is 0 Å². The van der Waals surface area contributed by atoms with Crippen LogP contribution in [0.15, 0.2) is 30.3 Å². The van der Waals surface area contributed by atoms with Gasteiger partial charge in [-0.3, -0.25) is 9.59 Å². The Kier molecular flexibility index (Phi) is 9.63. The molecule has 1 saturated carbocycles. The highest BCUT2D eigenvalue weighted by Gasteiger charge is 2.34. The molecule has 1 saturated heterocycles. The van der Waals surface area contributed by atoms with Gasteiger partial charge in [0.25, 0.3) is 0 Å². The number of carbonyl (C=O) groups is 2. The molecule has 30 heavy (non-hydrogen) atoms. The molecule has 5 nitrogen and oxygen atoms in total. The lowest BCUT2D eigenvalue weighted by molar-refractivity contribution is -0.134. The monoisotopic (exact) mass is 435 g/mol. The first kappa shape index (κ1) is 24.7. The summed E-state index contributed by atoms with van der Waals surface area (Å²) in [5.74, 6) is 0.281. The van der Waals surface area contributed by atoms with E-state index in [1.807, 2.05) is 35.2 Å². The number of benzene rings is 1. The fraction of sp³-hybridized carbons (Fsp3) is 0.667. The Labute approximate surface area is 187 Å². The summed E-state index contributed by atoms with van der Waals surface area (Å²) in [6.07, 6.45) is 8.79.